The molecule has 0 aliphatic rings. The van der Waals surface area contributed by atoms with E-state index in [1.54, 1.807) is 23.9 Å². The van der Waals surface area contributed by atoms with E-state index in [9.17, 15) is 10.1 Å². The van der Waals surface area contributed by atoms with Gasteiger partial charge in [-0.2, -0.15) is 0 Å². The molecule has 0 heterocycles. The van der Waals surface area contributed by atoms with Gasteiger partial charge in [-0.3, -0.25) is 10.1 Å². The van der Waals surface area contributed by atoms with E-state index in [0.717, 1.165) is 36.6 Å². The number of hydrogen-bond acceptors (Lipinski definition) is 4. The molecule has 1 rings (SSSR count). The maximum atomic E-state index is 10.5. The van der Waals surface area contributed by atoms with E-state index in [4.69, 9.17) is 6.42 Å². The number of rotatable bonds is 8. The summed E-state index contributed by atoms with van der Waals surface area (Å²) in [6.45, 7) is 1.80. The lowest BCUT2D eigenvalue weighted by Gasteiger charge is -2.04. The first-order chi connectivity index (χ1) is 8.74. The first-order valence-electron chi connectivity index (χ1n) is 5.69. The molecule has 0 unspecified atom stereocenters. The Bertz CT molecular complexity index is 412. The molecule has 0 atom stereocenters. The molecule has 18 heavy (non-hydrogen) atoms. The average Bonchev–Trinajstić information content (AvgIpc) is 2.38. The van der Waals surface area contributed by atoms with E-state index >= 15 is 0 Å². The van der Waals surface area contributed by atoms with Crippen LogP contribution in [0.5, 0.6) is 0 Å². The molecule has 0 aliphatic heterocycles. The van der Waals surface area contributed by atoms with Gasteiger partial charge < -0.3 is 5.32 Å². The minimum atomic E-state index is -0.384. The van der Waals surface area contributed by atoms with Crippen LogP contribution in [0.15, 0.2) is 24.3 Å². The van der Waals surface area contributed by atoms with Crippen molar-refractivity contribution in [2.45, 2.75) is 6.42 Å². The highest BCUT2D eigenvalue weighted by atomic mass is 32.2. The van der Waals surface area contributed by atoms with Crippen LogP contribution in [-0.2, 0) is 6.42 Å². The second-order valence-corrected chi connectivity index (χ2v) is 4.79. The minimum absolute atomic E-state index is 0.136. The first-order valence-corrected chi connectivity index (χ1v) is 6.85. The molecule has 0 fully saturated rings. The predicted octanol–water partition coefficient (Wildman–Crippen LogP) is 2.09. The highest BCUT2D eigenvalue weighted by molar-refractivity contribution is 7.99. The molecule has 0 aliphatic carbocycles. The summed E-state index contributed by atoms with van der Waals surface area (Å²) in [6, 6.07) is 6.68. The van der Waals surface area contributed by atoms with E-state index in [0.29, 0.717) is 0 Å². The van der Waals surface area contributed by atoms with Crippen LogP contribution in [0.2, 0.25) is 0 Å². The van der Waals surface area contributed by atoms with E-state index in [1.807, 2.05) is 0 Å². The second kappa shape index (κ2) is 8.56. The van der Waals surface area contributed by atoms with E-state index in [1.165, 1.54) is 12.1 Å². The molecule has 5 heteroatoms. The Morgan fingerprint density at radius 3 is 2.67 bits per heavy atom. The fourth-order valence-corrected chi connectivity index (χ4v) is 1.97. The van der Waals surface area contributed by atoms with Gasteiger partial charge in [-0.1, -0.05) is 18.1 Å². The molecule has 0 amide bonds. The van der Waals surface area contributed by atoms with Gasteiger partial charge in [-0.05, 0) is 18.5 Å². The topological polar surface area (TPSA) is 55.2 Å². The summed E-state index contributed by atoms with van der Waals surface area (Å²) in [5, 5.41) is 13.8. The molecule has 0 aromatic heterocycles. The molecule has 0 saturated heterocycles. The number of hydrogen-bond donors (Lipinski definition) is 1. The van der Waals surface area contributed by atoms with Crippen molar-refractivity contribution in [2.24, 2.45) is 0 Å². The summed E-state index contributed by atoms with van der Waals surface area (Å²) in [6.07, 6.45) is 6.01. The second-order valence-electron chi connectivity index (χ2n) is 3.68. The SMILES string of the molecule is C#CCSCCNCCc1ccc([N+](=O)[O-])cc1. The lowest BCUT2D eigenvalue weighted by atomic mass is 10.1. The number of non-ortho nitro benzene ring substituents is 1. The first kappa shape index (κ1) is 14.6. The molecular formula is C13H16N2O2S. The monoisotopic (exact) mass is 264 g/mol. The third-order valence-electron chi connectivity index (χ3n) is 2.35. The van der Waals surface area contributed by atoms with E-state index in [2.05, 4.69) is 11.2 Å². The van der Waals surface area contributed by atoms with Gasteiger partial charge in [0.1, 0.15) is 0 Å². The fourth-order valence-electron chi connectivity index (χ4n) is 1.42. The summed E-state index contributed by atoms with van der Waals surface area (Å²) < 4.78 is 0. The van der Waals surface area contributed by atoms with Gasteiger partial charge in [0.15, 0.2) is 0 Å². The van der Waals surface area contributed by atoms with Crippen molar-refractivity contribution < 1.29 is 4.92 Å². The van der Waals surface area contributed by atoms with Crippen LogP contribution in [0.4, 0.5) is 5.69 Å². The van der Waals surface area contributed by atoms with Crippen molar-refractivity contribution >= 4 is 17.4 Å². The Morgan fingerprint density at radius 2 is 2.06 bits per heavy atom. The number of benzene rings is 1. The minimum Gasteiger partial charge on any atom is -0.316 e. The Hall–Kier alpha value is -1.51. The van der Waals surface area contributed by atoms with Gasteiger partial charge in [0.25, 0.3) is 5.69 Å². The molecule has 0 radical (unpaired) electrons. The van der Waals surface area contributed by atoms with Crippen molar-refractivity contribution in [3.8, 4) is 12.3 Å². The quantitative estimate of drug-likeness (QED) is 0.338. The zero-order valence-corrected chi connectivity index (χ0v) is 10.9. The summed E-state index contributed by atoms with van der Waals surface area (Å²) in [5.74, 6) is 4.34. The lowest BCUT2D eigenvalue weighted by Crippen LogP contribution is -2.20. The molecule has 0 spiro atoms. The van der Waals surface area contributed by atoms with Crippen LogP contribution in [0.25, 0.3) is 0 Å². The van der Waals surface area contributed by atoms with Gasteiger partial charge in [0, 0.05) is 24.4 Å². The molecule has 4 nitrogen and oxygen atoms in total. The van der Waals surface area contributed by atoms with Gasteiger partial charge in [0.2, 0.25) is 0 Å². The lowest BCUT2D eigenvalue weighted by molar-refractivity contribution is -0.384. The summed E-state index contributed by atoms with van der Waals surface area (Å²) in [5.41, 5.74) is 1.24. The third-order valence-corrected chi connectivity index (χ3v) is 3.21. The zero-order valence-electron chi connectivity index (χ0n) is 10.1. The summed E-state index contributed by atoms with van der Waals surface area (Å²) >= 11 is 1.73. The maximum absolute atomic E-state index is 10.5. The van der Waals surface area contributed by atoms with Crippen LogP contribution < -0.4 is 5.32 Å². The van der Waals surface area contributed by atoms with Gasteiger partial charge >= 0.3 is 0 Å². The molecule has 1 N–H and O–H groups in total. The van der Waals surface area contributed by atoms with Gasteiger partial charge in [-0.25, -0.2) is 0 Å². The van der Waals surface area contributed by atoms with Crippen molar-refractivity contribution in [1.29, 1.82) is 0 Å². The Balaban J connectivity index is 2.16. The molecule has 0 bridgehead atoms. The number of nitro groups is 1. The van der Waals surface area contributed by atoms with Crippen LogP contribution in [0, 0.1) is 22.5 Å². The van der Waals surface area contributed by atoms with Gasteiger partial charge in [0.05, 0.1) is 10.7 Å². The third kappa shape index (κ3) is 5.71. The molecule has 1 aromatic carbocycles. The zero-order chi connectivity index (χ0) is 13.2. The van der Waals surface area contributed by atoms with Crippen LogP contribution >= 0.6 is 11.8 Å². The van der Waals surface area contributed by atoms with E-state index in [-0.39, 0.29) is 10.6 Å². The van der Waals surface area contributed by atoms with Crippen LogP contribution in [0.1, 0.15) is 5.56 Å². The number of terminal acetylenes is 1. The highest BCUT2D eigenvalue weighted by Crippen LogP contribution is 2.11. The number of nitro benzene ring substituents is 1. The Kier molecular flexibility index (Phi) is 6.92. The van der Waals surface area contributed by atoms with Crippen molar-refractivity contribution in [3.63, 3.8) is 0 Å². The number of nitrogens with zero attached hydrogens (tertiary/aromatic N) is 1. The molecule has 96 valence electrons. The molecule has 1 aromatic rings. The predicted molar refractivity (Wildman–Crippen MR) is 75.8 cm³/mol. The maximum Gasteiger partial charge on any atom is 0.269 e. The van der Waals surface area contributed by atoms with Crippen molar-refractivity contribution in [2.75, 3.05) is 24.6 Å². The van der Waals surface area contributed by atoms with E-state index < -0.39 is 0 Å². The van der Waals surface area contributed by atoms with Crippen LogP contribution in [0.3, 0.4) is 0 Å². The molecular weight excluding hydrogens is 248 g/mol. The van der Waals surface area contributed by atoms with Crippen LogP contribution in [-0.4, -0.2) is 29.5 Å². The van der Waals surface area contributed by atoms with Crippen molar-refractivity contribution in [1.82, 2.24) is 5.32 Å². The van der Waals surface area contributed by atoms with Gasteiger partial charge in [-0.15, -0.1) is 18.2 Å². The largest absolute Gasteiger partial charge is 0.316 e. The highest BCUT2D eigenvalue weighted by Gasteiger charge is 2.03. The number of thioether (sulfide) groups is 1. The number of nitrogens with one attached hydrogen (secondary N) is 1. The summed E-state index contributed by atoms with van der Waals surface area (Å²) in [4.78, 5) is 10.1. The standard InChI is InChI=1S/C13H16N2O2S/c1-2-10-18-11-9-14-8-7-12-3-5-13(6-4-12)15(16)17/h1,3-6,14H,7-11H2. The Morgan fingerprint density at radius 1 is 1.33 bits per heavy atom. The molecule has 0 saturated carbocycles. The fraction of sp³-hybridized carbons (Fsp3) is 0.385. The smallest absolute Gasteiger partial charge is 0.269 e. The average molecular weight is 264 g/mol. The van der Waals surface area contributed by atoms with Crippen molar-refractivity contribution in [3.05, 3.63) is 39.9 Å². The normalized spacial score (nSPS) is 9.94. The summed E-state index contributed by atoms with van der Waals surface area (Å²) in [7, 11) is 0. The Labute approximate surface area is 111 Å².